The van der Waals surface area contributed by atoms with Crippen LogP contribution in [0.5, 0.6) is 0 Å². The monoisotopic (exact) mass is 336 g/mol. The minimum absolute atomic E-state index is 0.114. The van der Waals surface area contributed by atoms with E-state index in [1.807, 2.05) is 30.3 Å². The van der Waals surface area contributed by atoms with Gasteiger partial charge in [0.1, 0.15) is 0 Å². The van der Waals surface area contributed by atoms with E-state index < -0.39 is 0 Å². The summed E-state index contributed by atoms with van der Waals surface area (Å²) in [5.41, 5.74) is 1.06. The van der Waals surface area contributed by atoms with Crippen molar-refractivity contribution >= 4 is 28.0 Å². The summed E-state index contributed by atoms with van der Waals surface area (Å²) in [6.45, 7) is 2.21. The Bertz CT molecular complexity index is 470. The Labute approximate surface area is 129 Å². The molecule has 1 fully saturated rings. The van der Waals surface area contributed by atoms with Gasteiger partial charge in [0.2, 0.25) is 0 Å². The Morgan fingerprint density at radius 3 is 2.65 bits per heavy atom. The van der Waals surface area contributed by atoms with Crippen LogP contribution in [0.2, 0.25) is 0 Å². The van der Waals surface area contributed by atoms with E-state index in [1.54, 1.807) is 6.20 Å². The highest BCUT2D eigenvalue weighted by atomic mass is 79.9. The second kappa shape index (κ2) is 7.48. The summed E-state index contributed by atoms with van der Waals surface area (Å²) in [4.78, 5) is 11.8. The van der Waals surface area contributed by atoms with Crippen LogP contribution in [0.3, 0.4) is 0 Å². The number of urea groups is 1. The van der Waals surface area contributed by atoms with Gasteiger partial charge in [-0.1, -0.05) is 47.8 Å². The van der Waals surface area contributed by atoms with E-state index in [2.05, 4.69) is 33.5 Å². The van der Waals surface area contributed by atoms with Crippen LogP contribution >= 0.6 is 15.9 Å². The molecule has 2 atom stereocenters. The van der Waals surface area contributed by atoms with Crippen LogP contribution in [0, 0.1) is 5.92 Å². The van der Waals surface area contributed by atoms with Crippen molar-refractivity contribution in [1.82, 2.24) is 10.6 Å². The summed E-state index contributed by atoms with van der Waals surface area (Å²) in [6, 6.07) is 8.13. The maximum Gasteiger partial charge on any atom is 0.318 e. The molecule has 0 bridgehead atoms. The van der Waals surface area contributed by atoms with Gasteiger partial charge in [0.15, 0.2) is 0 Å². The number of carbonyl (C=O) groups is 1. The molecule has 0 heterocycles. The molecule has 0 spiro atoms. The average Bonchev–Trinajstić information content (AvgIpc) is 2.44. The summed E-state index contributed by atoms with van der Waals surface area (Å²) >= 11 is 3.39. The van der Waals surface area contributed by atoms with Gasteiger partial charge in [-0.3, -0.25) is 0 Å². The van der Waals surface area contributed by atoms with Crippen molar-refractivity contribution < 1.29 is 4.79 Å². The fourth-order valence-electron chi connectivity index (χ4n) is 2.53. The first kappa shape index (κ1) is 15.1. The van der Waals surface area contributed by atoms with E-state index in [0.717, 1.165) is 16.5 Å². The van der Waals surface area contributed by atoms with Crippen molar-refractivity contribution in [3.8, 4) is 0 Å². The number of hydrogen-bond donors (Lipinski definition) is 2. The molecule has 20 heavy (non-hydrogen) atoms. The van der Waals surface area contributed by atoms with Crippen molar-refractivity contribution in [2.45, 2.75) is 38.6 Å². The van der Waals surface area contributed by atoms with E-state index in [0.29, 0.717) is 12.0 Å². The molecule has 1 aromatic rings. The summed E-state index contributed by atoms with van der Waals surface area (Å²) in [5.74, 6) is 0.574. The molecule has 2 rings (SSSR count). The SMILES string of the molecule is CC1CCCCC1NC(=O)N/C=C/c1ccc(Br)cc1. The number of halogens is 1. The first-order valence-corrected chi connectivity index (χ1v) is 7.93. The lowest BCUT2D eigenvalue weighted by atomic mass is 9.86. The van der Waals surface area contributed by atoms with E-state index in [1.165, 1.54) is 19.3 Å². The van der Waals surface area contributed by atoms with Crippen LogP contribution in [0.4, 0.5) is 4.79 Å². The number of hydrogen-bond acceptors (Lipinski definition) is 1. The molecular formula is C16H21BrN2O. The first-order chi connectivity index (χ1) is 9.65. The Balaban J connectivity index is 1.78. The zero-order valence-electron chi connectivity index (χ0n) is 11.7. The molecule has 4 heteroatoms. The van der Waals surface area contributed by atoms with Crippen molar-refractivity contribution in [2.75, 3.05) is 0 Å². The van der Waals surface area contributed by atoms with Gasteiger partial charge in [-0.15, -0.1) is 0 Å². The van der Waals surface area contributed by atoms with Crippen molar-refractivity contribution in [3.63, 3.8) is 0 Å². The van der Waals surface area contributed by atoms with Crippen LogP contribution < -0.4 is 10.6 Å². The van der Waals surface area contributed by atoms with E-state index in [9.17, 15) is 4.79 Å². The number of nitrogens with one attached hydrogen (secondary N) is 2. The molecule has 0 aliphatic heterocycles. The molecule has 2 unspecified atom stereocenters. The second-order valence-corrected chi connectivity index (χ2v) is 6.29. The summed E-state index contributed by atoms with van der Waals surface area (Å²) < 4.78 is 1.05. The normalized spacial score (nSPS) is 22.7. The number of carbonyl (C=O) groups excluding carboxylic acids is 1. The predicted molar refractivity (Wildman–Crippen MR) is 86.3 cm³/mol. The topological polar surface area (TPSA) is 41.1 Å². The highest BCUT2D eigenvalue weighted by molar-refractivity contribution is 9.10. The quantitative estimate of drug-likeness (QED) is 0.848. The standard InChI is InChI=1S/C16H21BrN2O/c1-12-4-2-3-5-15(12)19-16(20)18-11-10-13-6-8-14(17)9-7-13/h6-12,15H,2-5H2,1H3,(H2,18,19,20)/b11-10+. The van der Waals surface area contributed by atoms with Crippen molar-refractivity contribution in [1.29, 1.82) is 0 Å². The maximum absolute atomic E-state index is 11.8. The largest absolute Gasteiger partial charge is 0.335 e. The predicted octanol–water partition coefficient (Wildman–Crippen LogP) is 4.30. The Kier molecular flexibility index (Phi) is 5.65. The lowest BCUT2D eigenvalue weighted by molar-refractivity contribution is 0.225. The van der Waals surface area contributed by atoms with Crippen LogP contribution in [-0.2, 0) is 0 Å². The van der Waals surface area contributed by atoms with Crippen LogP contribution in [0.1, 0.15) is 38.2 Å². The third kappa shape index (κ3) is 4.67. The van der Waals surface area contributed by atoms with Gasteiger partial charge in [0.05, 0.1) is 0 Å². The zero-order chi connectivity index (χ0) is 14.4. The van der Waals surface area contributed by atoms with Gasteiger partial charge in [-0.2, -0.15) is 0 Å². The van der Waals surface area contributed by atoms with Crippen molar-refractivity contribution in [2.24, 2.45) is 5.92 Å². The minimum Gasteiger partial charge on any atom is -0.335 e. The molecule has 1 saturated carbocycles. The number of amides is 2. The summed E-state index contributed by atoms with van der Waals surface area (Å²) in [7, 11) is 0. The fraction of sp³-hybridized carbons (Fsp3) is 0.438. The Morgan fingerprint density at radius 1 is 1.25 bits per heavy atom. The van der Waals surface area contributed by atoms with Gasteiger partial charge in [0.25, 0.3) is 0 Å². The molecule has 1 aliphatic rings. The van der Waals surface area contributed by atoms with Gasteiger partial charge < -0.3 is 10.6 Å². The third-order valence-electron chi connectivity index (χ3n) is 3.79. The molecule has 1 aliphatic carbocycles. The Hall–Kier alpha value is -1.29. The molecule has 108 valence electrons. The van der Waals surface area contributed by atoms with E-state index in [-0.39, 0.29) is 6.03 Å². The van der Waals surface area contributed by atoms with Crippen LogP contribution in [-0.4, -0.2) is 12.1 Å². The van der Waals surface area contributed by atoms with Crippen molar-refractivity contribution in [3.05, 3.63) is 40.5 Å². The van der Waals surface area contributed by atoms with Gasteiger partial charge in [0, 0.05) is 16.7 Å². The van der Waals surface area contributed by atoms with Gasteiger partial charge >= 0.3 is 6.03 Å². The fourth-order valence-corrected chi connectivity index (χ4v) is 2.79. The smallest absolute Gasteiger partial charge is 0.318 e. The molecule has 2 N–H and O–H groups in total. The molecule has 0 radical (unpaired) electrons. The van der Waals surface area contributed by atoms with Gasteiger partial charge in [-0.05, 0) is 42.5 Å². The zero-order valence-corrected chi connectivity index (χ0v) is 13.3. The molecule has 0 aromatic heterocycles. The minimum atomic E-state index is -0.114. The number of rotatable bonds is 3. The maximum atomic E-state index is 11.8. The lowest BCUT2D eigenvalue weighted by Crippen LogP contribution is -2.44. The first-order valence-electron chi connectivity index (χ1n) is 7.14. The second-order valence-electron chi connectivity index (χ2n) is 5.37. The van der Waals surface area contributed by atoms with E-state index >= 15 is 0 Å². The lowest BCUT2D eigenvalue weighted by Gasteiger charge is -2.29. The summed E-state index contributed by atoms with van der Waals surface area (Å²) in [6.07, 6.45) is 8.36. The highest BCUT2D eigenvalue weighted by Gasteiger charge is 2.22. The summed E-state index contributed by atoms with van der Waals surface area (Å²) in [5, 5.41) is 5.83. The molecule has 0 saturated heterocycles. The van der Waals surface area contributed by atoms with E-state index in [4.69, 9.17) is 0 Å². The Morgan fingerprint density at radius 2 is 1.95 bits per heavy atom. The molecule has 3 nitrogen and oxygen atoms in total. The highest BCUT2D eigenvalue weighted by Crippen LogP contribution is 2.23. The average molecular weight is 337 g/mol. The molecule has 1 aromatic carbocycles. The molecular weight excluding hydrogens is 316 g/mol. The van der Waals surface area contributed by atoms with Crippen LogP contribution in [0.15, 0.2) is 34.9 Å². The number of benzene rings is 1. The van der Waals surface area contributed by atoms with Crippen LogP contribution in [0.25, 0.3) is 6.08 Å². The van der Waals surface area contributed by atoms with Gasteiger partial charge in [-0.25, -0.2) is 4.79 Å². The molecule has 2 amide bonds. The third-order valence-corrected chi connectivity index (χ3v) is 4.32.